The molecule has 0 radical (unpaired) electrons. The molecule has 0 atom stereocenters. The zero-order valence-corrected chi connectivity index (χ0v) is 50.8. The Hall–Kier alpha value is -5.69. The van der Waals surface area contributed by atoms with Crippen LogP contribution in [-0.4, -0.2) is 219 Å². The summed E-state index contributed by atoms with van der Waals surface area (Å²) >= 11 is 7.91. The van der Waals surface area contributed by atoms with Crippen LogP contribution in [0.3, 0.4) is 0 Å². The van der Waals surface area contributed by atoms with Crippen molar-refractivity contribution in [3.63, 3.8) is 0 Å². The summed E-state index contributed by atoms with van der Waals surface area (Å²) in [6.07, 6.45) is 5.49. The Labute approximate surface area is 484 Å². The third-order valence-electron chi connectivity index (χ3n) is 13.8. The number of amides is 1. The molecule has 0 aromatic carbocycles. The first-order chi connectivity index (χ1) is 38.8. The van der Waals surface area contributed by atoms with Crippen molar-refractivity contribution in [2.24, 2.45) is 0 Å². The number of anilines is 2. The van der Waals surface area contributed by atoms with Crippen molar-refractivity contribution in [3.05, 3.63) is 56.5 Å². The number of nitrogens with one attached hydrogen (secondary N) is 1. The van der Waals surface area contributed by atoms with Gasteiger partial charge in [-0.25, -0.2) is 56.3 Å². The van der Waals surface area contributed by atoms with Gasteiger partial charge >= 0.3 is 11.5 Å². The molecular weight excluding hydrogens is 1150 g/mol. The zero-order chi connectivity index (χ0) is 58.0. The Morgan fingerprint density at radius 2 is 1.02 bits per heavy atom. The van der Waals surface area contributed by atoms with Gasteiger partial charge in [-0.3, -0.25) is 9.80 Å². The molecule has 0 spiro atoms. The molecule has 4 aliphatic rings. The molecule has 4 fully saturated rings. The fourth-order valence-electron chi connectivity index (χ4n) is 9.74. The van der Waals surface area contributed by atoms with Crippen LogP contribution in [0, 0.1) is 13.8 Å². The summed E-state index contributed by atoms with van der Waals surface area (Å²) in [6, 6.07) is 3.64. The number of halogens is 1. The molecule has 440 valence electrons. The van der Waals surface area contributed by atoms with E-state index in [2.05, 4.69) is 65.1 Å². The first-order valence-electron chi connectivity index (χ1n) is 26.1. The maximum Gasteiger partial charge on any atom is 0.409 e. The summed E-state index contributed by atoms with van der Waals surface area (Å²) < 4.78 is 81.0. The number of hydrogen-bond donors (Lipinski definition) is 1. The van der Waals surface area contributed by atoms with Crippen LogP contribution in [0.1, 0.15) is 32.0 Å². The highest BCUT2D eigenvalue weighted by molar-refractivity contribution is 7.90. The fraction of sp³-hybridized carbons (Fsp3) is 0.538. The number of rotatable bonds is 14. The predicted molar refractivity (Wildman–Crippen MR) is 313 cm³/mol. The number of morpholine rings is 2. The molecule has 0 saturated carbocycles. The van der Waals surface area contributed by atoms with E-state index in [4.69, 9.17) is 43.6 Å². The molecule has 4 aliphatic heterocycles. The molecule has 1 N–H and O–H groups in total. The lowest BCUT2D eigenvalue weighted by Crippen LogP contribution is -2.48. The van der Waals surface area contributed by atoms with E-state index in [1.165, 1.54) is 51.4 Å². The molecule has 0 bridgehead atoms. The van der Waals surface area contributed by atoms with Gasteiger partial charge in [-0.05, 0) is 26.0 Å². The van der Waals surface area contributed by atoms with Crippen LogP contribution in [0.25, 0.3) is 42.9 Å². The second-order valence-corrected chi connectivity index (χ2v) is 26.7. The molecule has 29 heteroatoms. The van der Waals surface area contributed by atoms with Gasteiger partial charge in [0.15, 0.2) is 19.7 Å². The summed E-state index contributed by atoms with van der Waals surface area (Å²) in [5, 5.41) is 3.42. The van der Waals surface area contributed by atoms with Crippen molar-refractivity contribution in [3.8, 4) is 34.3 Å². The van der Waals surface area contributed by atoms with Crippen molar-refractivity contribution in [1.29, 1.82) is 0 Å². The molecule has 0 aliphatic carbocycles. The second-order valence-electron chi connectivity index (χ2n) is 19.7. The summed E-state index contributed by atoms with van der Waals surface area (Å²) in [7, 11) is -0.996. The minimum atomic E-state index is -3.32. The molecular formula is C52H69ClN12O12S4. The number of aryl methyl sites for hydroxylation is 2. The number of ether oxygens (including phenoxy) is 6. The molecule has 6 aromatic rings. The van der Waals surface area contributed by atoms with E-state index in [0.717, 1.165) is 101 Å². The topological polar surface area (TPSA) is 263 Å². The Kier molecular flexibility index (Phi) is 20.9. The van der Waals surface area contributed by atoms with E-state index in [1.807, 2.05) is 6.07 Å². The van der Waals surface area contributed by atoms with Crippen LogP contribution in [0.15, 0.2) is 24.5 Å². The van der Waals surface area contributed by atoms with Crippen LogP contribution in [0.4, 0.5) is 21.5 Å². The van der Waals surface area contributed by atoms with E-state index in [9.17, 15) is 26.4 Å². The highest BCUT2D eigenvalue weighted by Crippen LogP contribution is 2.41. The normalized spacial score (nSPS) is 16.6. The standard InChI is InChI=1S/C26H34N6O6S2.C24H32N6O4S2.C2H3ClO2/c1-17-20(15-30-5-7-32(8-6-30)26(33)37-3)22-23(39-17)21(28-25(29-22)31-9-11-38-12-10-31)18-13-19(16-40(4,34)35)24(36-2)27-14-18;1-16-19(14-29-6-4-25-5-7-29)21-22(35-16)20(27-24(28-21)30-8-10-34-11-9-30)17-12-18(15-36(3,31)32)23(33-2)26-13-17;1-5-2(3)4/h13-14H,5-12,15-16H2,1-4H3;12-13,25H,4-11,14-15H2,1-3H3;1H3. The highest BCUT2D eigenvalue weighted by atomic mass is 35.5. The molecule has 81 heavy (non-hydrogen) atoms. The number of thiophene rings is 2. The summed E-state index contributed by atoms with van der Waals surface area (Å²) in [5.41, 5.74) is 7.38. The average molecular weight is 1220 g/mol. The average Bonchev–Trinajstić information content (AvgIpc) is 4.21. The van der Waals surface area contributed by atoms with Gasteiger partial charge in [0.1, 0.15) is 0 Å². The summed E-state index contributed by atoms with van der Waals surface area (Å²) in [5.74, 6) is 1.53. The number of sulfone groups is 2. The van der Waals surface area contributed by atoms with E-state index >= 15 is 0 Å². The Balaban J connectivity index is 0.000000197. The van der Waals surface area contributed by atoms with Crippen LogP contribution in [0.5, 0.6) is 11.8 Å². The van der Waals surface area contributed by atoms with Crippen LogP contribution >= 0.6 is 34.3 Å². The third-order valence-corrected chi connectivity index (χ3v) is 17.9. The molecule has 6 aromatic heterocycles. The maximum atomic E-state index is 12.1. The van der Waals surface area contributed by atoms with Crippen molar-refractivity contribution < 1.29 is 54.8 Å². The lowest BCUT2D eigenvalue weighted by Gasteiger charge is -2.33. The van der Waals surface area contributed by atoms with Gasteiger partial charge in [0.25, 0.3) is 0 Å². The number of hydrogen-bond acceptors (Lipinski definition) is 25. The van der Waals surface area contributed by atoms with Crippen molar-refractivity contribution in [2.75, 3.05) is 156 Å². The number of fused-ring (bicyclic) bond motifs is 2. The minimum absolute atomic E-state index is 0.153. The largest absolute Gasteiger partial charge is 0.481 e. The first kappa shape index (κ1) is 61.4. The van der Waals surface area contributed by atoms with Gasteiger partial charge in [0, 0.05) is 171 Å². The van der Waals surface area contributed by atoms with Gasteiger partial charge < -0.3 is 48.4 Å². The SMILES string of the molecule is COC(=O)Cl.COC(=O)N1CCN(Cc2c(C)sc3c(-c4cnc(OC)c(CS(C)(=O)=O)c4)nc(N4CCOCC4)nc23)CC1.COc1ncc(-c2nc(N3CCOCC3)nc3c(CN4CCNCC4)c(C)sc23)cc1CS(C)(=O)=O. The number of carbonyl (C=O) groups excluding carboxylic acids is 2. The molecule has 24 nitrogen and oxygen atoms in total. The Morgan fingerprint density at radius 3 is 1.40 bits per heavy atom. The van der Waals surface area contributed by atoms with Crippen molar-refractivity contribution in [1.82, 2.24) is 49.9 Å². The monoisotopic (exact) mass is 1220 g/mol. The number of nitrogens with zero attached hydrogens (tertiary/aromatic N) is 11. The first-order valence-corrected chi connectivity index (χ1v) is 32.3. The second kappa shape index (κ2) is 27.6. The zero-order valence-electron chi connectivity index (χ0n) is 46.8. The van der Waals surface area contributed by atoms with E-state index < -0.39 is 25.1 Å². The highest BCUT2D eigenvalue weighted by Gasteiger charge is 2.28. The lowest BCUT2D eigenvalue weighted by atomic mass is 10.1. The van der Waals surface area contributed by atoms with Gasteiger partial charge in [-0.2, -0.15) is 0 Å². The maximum absolute atomic E-state index is 12.1. The van der Waals surface area contributed by atoms with Crippen molar-refractivity contribution >= 4 is 97.8 Å². The van der Waals surface area contributed by atoms with Crippen LogP contribution < -0.4 is 24.6 Å². The minimum Gasteiger partial charge on any atom is -0.481 e. The van der Waals surface area contributed by atoms with Gasteiger partial charge in [0.05, 0.1) is 98.2 Å². The summed E-state index contributed by atoms with van der Waals surface area (Å²) in [4.78, 5) is 63.4. The molecule has 1 amide bonds. The van der Waals surface area contributed by atoms with Crippen molar-refractivity contribution in [2.45, 2.75) is 38.4 Å². The number of piperazine rings is 2. The molecule has 0 unspecified atom stereocenters. The Morgan fingerprint density at radius 1 is 0.617 bits per heavy atom. The number of methoxy groups -OCH3 is 4. The van der Waals surface area contributed by atoms with E-state index in [0.29, 0.717) is 99.3 Å². The molecule has 10 heterocycles. The van der Waals surface area contributed by atoms with Crippen LogP contribution in [-0.2, 0) is 63.2 Å². The van der Waals surface area contributed by atoms with Gasteiger partial charge in [0.2, 0.25) is 23.7 Å². The number of carbonyl (C=O) groups is 2. The predicted octanol–water partition coefficient (Wildman–Crippen LogP) is 5.18. The molecule has 10 rings (SSSR count). The number of pyridine rings is 2. The quantitative estimate of drug-likeness (QED) is 0.138. The lowest BCUT2D eigenvalue weighted by molar-refractivity contribution is 0.0889. The fourth-order valence-corrected chi connectivity index (χ4v) is 13.5. The Bertz CT molecular complexity index is 3420. The molecule has 4 saturated heterocycles. The van der Waals surface area contributed by atoms with Gasteiger partial charge in [-0.15, -0.1) is 22.7 Å². The summed E-state index contributed by atoms with van der Waals surface area (Å²) in [6.45, 7) is 17.7. The smallest absolute Gasteiger partial charge is 0.409 e. The van der Waals surface area contributed by atoms with Crippen LogP contribution in [0.2, 0.25) is 0 Å². The van der Waals surface area contributed by atoms with E-state index in [1.54, 1.807) is 46.0 Å². The van der Waals surface area contributed by atoms with E-state index in [-0.39, 0.29) is 23.5 Å². The van der Waals surface area contributed by atoms with Gasteiger partial charge in [-0.1, -0.05) is 0 Å². The number of aromatic nitrogens is 6. The third kappa shape index (κ3) is 15.9.